The molecule has 0 spiro atoms. The van der Waals surface area contributed by atoms with E-state index in [0.29, 0.717) is 35.4 Å². The van der Waals surface area contributed by atoms with Gasteiger partial charge in [-0.05, 0) is 43.4 Å². The quantitative estimate of drug-likeness (QED) is 0.831. The van der Waals surface area contributed by atoms with Crippen LogP contribution in [0.2, 0.25) is 0 Å². The van der Waals surface area contributed by atoms with Crippen molar-refractivity contribution in [2.45, 2.75) is 38.0 Å². The van der Waals surface area contributed by atoms with E-state index in [1.807, 2.05) is 18.2 Å². The maximum Gasteiger partial charge on any atom is 0.229 e. The fraction of sp³-hybridized carbons (Fsp3) is 0.526. The number of Topliss-reactive ketones (excluding diaryl/α,β-unsaturated/α-hetero) is 1. The van der Waals surface area contributed by atoms with Gasteiger partial charge in [-0.1, -0.05) is 11.2 Å². The van der Waals surface area contributed by atoms with Crippen molar-refractivity contribution in [3.05, 3.63) is 35.5 Å². The van der Waals surface area contributed by atoms with Crippen molar-refractivity contribution in [1.29, 1.82) is 0 Å². The van der Waals surface area contributed by atoms with E-state index in [9.17, 15) is 4.79 Å². The summed E-state index contributed by atoms with van der Waals surface area (Å²) in [5.41, 5.74) is 1.03. The topological polar surface area (TPSA) is 74.5 Å². The highest BCUT2D eigenvalue weighted by Gasteiger charge is 2.43. The van der Waals surface area contributed by atoms with E-state index in [4.69, 9.17) is 14.0 Å². The van der Waals surface area contributed by atoms with Gasteiger partial charge >= 0.3 is 0 Å². The van der Waals surface area contributed by atoms with E-state index in [-0.39, 0.29) is 17.8 Å². The van der Waals surface area contributed by atoms with Crippen LogP contribution in [0.25, 0.3) is 0 Å². The van der Waals surface area contributed by atoms with Crippen molar-refractivity contribution in [3.63, 3.8) is 0 Å². The number of carbonyl (C=O) groups excluding carboxylic acids is 1. The average Bonchev–Trinajstić information content (AvgIpc) is 3.15. The molecule has 25 heavy (non-hydrogen) atoms. The zero-order chi connectivity index (χ0) is 17.4. The maximum atomic E-state index is 12.0. The van der Waals surface area contributed by atoms with Gasteiger partial charge in [-0.25, -0.2) is 0 Å². The average molecular weight is 342 g/mol. The normalized spacial score (nSPS) is 25.2. The Morgan fingerprint density at radius 1 is 1.08 bits per heavy atom. The van der Waals surface area contributed by atoms with Crippen molar-refractivity contribution in [2.75, 3.05) is 14.2 Å². The highest BCUT2D eigenvalue weighted by molar-refractivity contribution is 5.86. The van der Waals surface area contributed by atoms with Crippen LogP contribution < -0.4 is 9.47 Å². The van der Waals surface area contributed by atoms with Crippen LogP contribution in [-0.4, -0.2) is 30.1 Å². The number of benzene rings is 1. The van der Waals surface area contributed by atoms with Gasteiger partial charge in [0.1, 0.15) is 5.78 Å². The summed E-state index contributed by atoms with van der Waals surface area (Å²) in [7, 11) is 3.23. The molecule has 2 saturated carbocycles. The Morgan fingerprint density at radius 3 is 2.48 bits per heavy atom. The summed E-state index contributed by atoms with van der Waals surface area (Å²) in [6, 6.07) is 5.77. The Hall–Kier alpha value is -2.37. The van der Waals surface area contributed by atoms with Gasteiger partial charge < -0.3 is 14.0 Å². The van der Waals surface area contributed by atoms with Gasteiger partial charge in [0.2, 0.25) is 5.89 Å². The number of rotatable bonds is 5. The molecule has 1 aromatic carbocycles. The highest BCUT2D eigenvalue weighted by Crippen LogP contribution is 2.45. The number of fused-ring (bicyclic) bond motifs is 2. The van der Waals surface area contributed by atoms with Crippen LogP contribution in [0.15, 0.2) is 22.7 Å². The number of aromatic nitrogens is 2. The molecule has 2 aliphatic rings. The van der Waals surface area contributed by atoms with Crippen molar-refractivity contribution in [1.82, 2.24) is 10.1 Å². The summed E-state index contributed by atoms with van der Waals surface area (Å²) in [5.74, 6) is 3.79. The van der Waals surface area contributed by atoms with E-state index in [1.54, 1.807) is 14.2 Å². The Kier molecular flexibility index (Phi) is 4.19. The van der Waals surface area contributed by atoms with Gasteiger partial charge in [0.05, 0.1) is 14.2 Å². The lowest BCUT2D eigenvalue weighted by molar-refractivity contribution is -0.126. The van der Waals surface area contributed by atoms with Gasteiger partial charge in [0, 0.05) is 24.2 Å². The monoisotopic (exact) mass is 342 g/mol. The second kappa shape index (κ2) is 6.50. The van der Waals surface area contributed by atoms with E-state index in [0.717, 1.165) is 31.2 Å². The summed E-state index contributed by atoms with van der Waals surface area (Å²) in [4.78, 5) is 16.6. The lowest BCUT2D eigenvalue weighted by atomic mass is 9.80. The number of ether oxygens (including phenoxy) is 2. The number of methoxy groups -OCH3 is 2. The molecule has 2 aromatic rings. The Bertz CT molecular complexity index is 769. The van der Waals surface area contributed by atoms with E-state index in [2.05, 4.69) is 10.1 Å². The number of hydrogen-bond donors (Lipinski definition) is 0. The summed E-state index contributed by atoms with van der Waals surface area (Å²) >= 11 is 0. The van der Waals surface area contributed by atoms with Crippen molar-refractivity contribution in [2.24, 2.45) is 11.8 Å². The van der Waals surface area contributed by atoms with Crippen LogP contribution in [-0.2, 0) is 11.2 Å². The van der Waals surface area contributed by atoms with Crippen LogP contribution in [0.1, 0.15) is 48.9 Å². The van der Waals surface area contributed by atoms with Gasteiger partial charge in [-0.3, -0.25) is 4.79 Å². The van der Waals surface area contributed by atoms with Crippen LogP contribution in [0.3, 0.4) is 0 Å². The SMILES string of the molecule is COc1ccc(Cc2noc(C3CC4CCC(C3)C4=O)n2)cc1OC. The maximum absolute atomic E-state index is 12.0. The minimum Gasteiger partial charge on any atom is -0.493 e. The molecule has 6 nitrogen and oxygen atoms in total. The van der Waals surface area contributed by atoms with Crippen molar-refractivity contribution in [3.8, 4) is 11.5 Å². The molecule has 0 N–H and O–H groups in total. The molecule has 2 aliphatic carbocycles. The molecule has 4 rings (SSSR count). The molecular formula is C19H22N2O4. The van der Waals surface area contributed by atoms with Gasteiger partial charge in [0.25, 0.3) is 0 Å². The predicted molar refractivity (Wildman–Crippen MR) is 89.8 cm³/mol. The lowest BCUT2D eigenvalue weighted by Gasteiger charge is -2.23. The summed E-state index contributed by atoms with van der Waals surface area (Å²) < 4.78 is 16.1. The zero-order valence-electron chi connectivity index (χ0n) is 14.5. The molecule has 0 aliphatic heterocycles. The molecule has 1 heterocycles. The van der Waals surface area contributed by atoms with Crippen LogP contribution in [0.5, 0.6) is 11.5 Å². The van der Waals surface area contributed by atoms with E-state index in [1.165, 1.54) is 0 Å². The van der Waals surface area contributed by atoms with Gasteiger partial charge in [-0.2, -0.15) is 4.98 Å². The lowest BCUT2D eigenvalue weighted by Crippen LogP contribution is -2.25. The summed E-state index contributed by atoms with van der Waals surface area (Å²) in [5, 5.41) is 4.13. The first-order valence-electron chi connectivity index (χ1n) is 8.75. The Labute approximate surface area is 146 Å². The molecule has 2 bridgehead atoms. The smallest absolute Gasteiger partial charge is 0.229 e. The molecular weight excluding hydrogens is 320 g/mol. The third-order valence-corrected chi connectivity index (χ3v) is 5.45. The van der Waals surface area contributed by atoms with Gasteiger partial charge in [0.15, 0.2) is 17.3 Å². The predicted octanol–water partition coefficient (Wildman–Crippen LogP) is 3.15. The second-order valence-electron chi connectivity index (χ2n) is 6.96. The van der Waals surface area contributed by atoms with Crippen LogP contribution in [0.4, 0.5) is 0 Å². The number of ketones is 1. The minimum absolute atomic E-state index is 0.199. The first-order valence-corrected chi connectivity index (χ1v) is 8.75. The second-order valence-corrected chi connectivity index (χ2v) is 6.96. The van der Waals surface area contributed by atoms with Gasteiger partial charge in [-0.15, -0.1) is 0 Å². The molecule has 0 amide bonds. The first kappa shape index (κ1) is 16.1. The molecule has 132 valence electrons. The van der Waals surface area contributed by atoms with Crippen LogP contribution in [0, 0.1) is 11.8 Å². The standard InChI is InChI=1S/C19H22N2O4/c1-23-15-6-3-11(7-16(15)24-2)8-17-20-19(25-21-17)14-9-12-4-5-13(10-14)18(12)22/h3,6-7,12-14H,4-5,8-10H2,1-2H3. The number of hydrogen-bond acceptors (Lipinski definition) is 6. The number of nitrogens with zero attached hydrogens (tertiary/aromatic N) is 2. The fourth-order valence-corrected chi connectivity index (χ4v) is 4.15. The Morgan fingerprint density at radius 2 is 1.80 bits per heavy atom. The Balaban J connectivity index is 1.48. The molecule has 0 saturated heterocycles. The third-order valence-electron chi connectivity index (χ3n) is 5.45. The molecule has 2 atom stereocenters. The fourth-order valence-electron chi connectivity index (χ4n) is 4.15. The summed E-state index contributed by atoms with van der Waals surface area (Å²) in [6.45, 7) is 0. The van der Waals surface area contributed by atoms with Crippen LogP contribution >= 0.6 is 0 Å². The zero-order valence-corrected chi connectivity index (χ0v) is 14.5. The first-order chi connectivity index (χ1) is 12.2. The van der Waals surface area contributed by atoms with E-state index < -0.39 is 0 Å². The summed E-state index contributed by atoms with van der Waals surface area (Å²) in [6.07, 6.45) is 4.32. The van der Waals surface area contributed by atoms with E-state index >= 15 is 0 Å². The molecule has 2 unspecified atom stereocenters. The molecule has 0 radical (unpaired) electrons. The molecule has 2 fully saturated rings. The number of carbonyl (C=O) groups is 1. The third kappa shape index (κ3) is 3.01. The highest BCUT2D eigenvalue weighted by atomic mass is 16.5. The van der Waals surface area contributed by atoms with Crippen molar-refractivity contribution < 1.29 is 18.8 Å². The molecule has 1 aromatic heterocycles. The minimum atomic E-state index is 0.199. The van der Waals surface area contributed by atoms with Crippen molar-refractivity contribution >= 4 is 5.78 Å². The largest absolute Gasteiger partial charge is 0.493 e. The molecule has 6 heteroatoms.